The molecule has 0 saturated heterocycles. The fourth-order valence-corrected chi connectivity index (χ4v) is 0.857. The van der Waals surface area contributed by atoms with Gasteiger partial charge in [0.15, 0.2) is 0 Å². The molecular weight excluding hydrogens is 148 g/mol. The normalized spacial score (nSPS) is 9.67. The van der Waals surface area contributed by atoms with Crippen molar-refractivity contribution in [2.45, 2.75) is 0 Å². The van der Waals surface area contributed by atoms with Crippen LogP contribution in [0.4, 0.5) is 0 Å². The average molecular weight is 152 g/mol. The molecule has 12 heavy (non-hydrogen) atoms. The lowest BCUT2D eigenvalue weighted by atomic mass is 10.2. The fourth-order valence-electron chi connectivity index (χ4n) is 0.857. The van der Waals surface area contributed by atoms with E-state index in [0.717, 1.165) is 11.4 Å². The maximum Gasteiger partial charge on any atom is 0.0980 e. The molecule has 0 amide bonds. The Morgan fingerprint density at radius 1 is 1.08 bits per heavy atom. The van der Waals surface area contributed by atoms with Crippen LogP contribution in [0.3, 0.4) is 0 Å². The van der Waals surface area contributed by atoms with Gasteiger partial charge in [-0.2, -0.15) is 0 Å². The summed E-state index contributed by atoms with van der Waals surface area (Å²) in [7, 11) is 0. The van der Waals surface area contributed by atoms with Crippen molar-refractivity contribution in [1.82, 2.24) is 9.97 Å². The number of hydrogen-bond donors (Lipinski definition) is 0. The van der Waals surface area contributed by atoms with Gasteiger partial charge < -0.3 is 0 Å². The first-order chi connectivity index (χ1) is 5.97. The maximum atomic E-state index is 4.07. The standard InChI is InChI=1S/C10H4N2/c1-3-7-11-9(5-1)10-6-2-4-8-12-10/h1,5-6,8H. The summed E-state index contributed by atoms with van der Waals surface area (Å²) in [4.78, 5) is 8.04. The SMILES string of the molecule is [c]1[c]nc(-c2c[c][c]cn2)cc1. The van der Waals surface area contributed by atoms with E-state index in [2.05, 4.69) is 34.4 Å². The minimum atomic E-state index is 0.777. The molecule has 0 atom stereocenters. The third-order valence-electron chi connectivity index (χ3n) is 1.39. The minimum absolute atomic E-state index is 0.777. The molecule has 2 aromatic heterocycles. The second kappa shape index (κ2) is 3.13. The molecule has 54 valence electrons. The average Bonchev–Trinajstić information content (AvgIpc) is 2.21. The highest BCUT2D eigenvalue weighted by Crippen LogP contribution is 2.10. The molecule has 0 aliphatic rings. The molecule has 0 unspecified atom stereocenters. The van der Waals surface area contributed by atoms with Crippen LogP contribution >= 0.6 is 0 Å². The number of pyridine rings is 2. The predicted octanol–water partition coefficient (Wildman–Crippen LogP) is 1.34. The van der Waals surface area contributed by atoms with Gasteiger partial charge in [0.1, 0.15) is 0 Å². The van der Waals surface area contributed by atoms with E-state index in [4.69, 9.17) is 0 Å². The van der Waals surface area contributed by atoms with Crippen LogP contribution in [0.15, 0.2) is 24.4 Å². The summed E-state index contributed by atoms with van der Waals surface area (Å²) in [5, 5.41) is 0. The number of hydrogen-bond acceptors (Lipinski definition) is 2. The zero-order valence-electron chi connectivity index (χ0n) is 6.20. The molecule has 0 aromatic carbocycles. The van der Waals surface area contributed by atoms with Gasteiger partial charge in [-0.3, -0.25) is 4.98 Å². The highest BCUT2D eigenvalue weighted by molar-refractivity contribution is 5.52. The predicted molar refractivity (Wildman–Crippen MR) is 42.8 cm³/mol. The van der Waals surface area contributed by atoms with E-state index < -0.39 is 0 Å². The first-order valence-corrected chi connectivity index (χ1v) is 3.46. The maximum absolute atomic E-state index is 4.07. The Balaban J connectivity index is 2.46. The molecule has 2 nitrogen and oxygen atoms in total. The lowest BCUT2D eigenvalue weighted by Crippen LogP contribution is -1.84. The van der Waals surface area contributed by atoms with Crippen molar-refractivity contribution in [1.29, 1.82) is 0 Å². The Morgan fingerprint density at radius 3 is 2.75 bits per heavy atom. The molecule has 4 radical (unpaired) electrons. The van der Waals surface area contributed by atoms with E-state index >= 15 is 0 Å². The number of nitrogens with zero attached hydrogens (tertiary/aromatic N) is 2. The Bertz CT molecular complexity index is 305. The van der Waals surface area contributed by atoms with Crippen LogP contribution in [-0.2, 0) is 0 Å². The topological polar surface area (TPSA) is 25.8 Å². The molecule has 0 aliphatic carbocycles. The van der Waals surface area contributed by atoms with E-state index in [-0.39, 0.29) is 0 Å². The van der Waals surface area contributed by atoms with Gasteiger partial charge in [0.2, 0.25) is 0 Å². The molecular formula is C10H4N2. The lowest BCUT2D eigenvalue weighted by molar-refractivity contribution is 1.23. The lowest BCUT2D eigenvalue weighted by Gasteiger charge is -1.95. The third kappa shape index (κ3) is 1.32. The first-order valence-electron chi connectivity index (χ1n) is 3.46. The summed E-state index contributed by atoms with van der Waals surface area (Å²) in [6.45, 7) is 0. The molecule has 0 N–H and O–H groups in total. The molecule has 0 aliphatic heterocycles. The third-order valence-corrected chi connectivity index (χ3v) is 1.39. The van der Waals surface area contributed by atoms with Crippen molar-refractivity contribution >= 4 is 0 Å². The second-order valence-electron chi connectivity index (χ2n) is 2.16. The highest BCUT2D eigenvalue weighted by Gasteiger charge is 1.96. The van der Waals surface area contributed by atoms with Crippen molar-refractivity contribution < 1.29 is 0 Å². The zero-order valence-corrected chi connectivity index (χ0v) is 6.20. The molecule has 0 saturated carbocycles. The van der Waals surface area contributed by atoms with Crippen molar-refractivity contribution in [3.05, 3.63) is 48.8 Å². The van der Waals surface area contributed by atoms with Gasteiger partial charge >= 0.3 is 0 Å². The molecule has 2 rings (SSSR count). The van der Waals surface area contributed by atoms with Crippen LogP contribution in [0.2, 0.25) is 0 Å². The van der Waals surface area contributed by atoms with Crippen LogP contribution in [0.5, 0.6) is 0 Å². The summed E-state index contributed by atoms with van der Waals surface area (Å²) in [6.07, 6.45) is 4.18. The Labute approximate surface area is 70.9 Å². The largest absolute Gasteiger partial charge is 0.254 e. The van der Waals surface area contributed by atoms with E-state index in [1.165, 1.54) is 0 Å². The van der Waals surface area contributed by atoms with Gasteiger partial charge in [-0.25, -0.2) is 4.98 Å². The molecule has 2 aromatic rings. The minimum Gasteiger partial charge on any atom is -0.254 e. The molecule has 2 heteroatoms. The van der Waals surface area contributed by atoms with Crippen LogP contribution in [0.1, 0.15) is 0 Å². The van der Waals surface area contributed by atoms with Gasteiger partial charge in [0.05, 0.1) is 17.6 Å². The molecule has 0 bridgehead atoms. The Hall–Kier alpha value is -1.70. The van der Waals surface area contributed by atoms with Crippen molar-refractivity contribution in [2.24, 2.45) is 0 Å². The summed E-state index contributed by atoms with van der Waals surface area (Å²) < 4.78 is 0. The van der Waals surface area contributed by atoms with Gasteiger partial charge in [-0.15, -0.1) is 0 Å². The summed E-state index contributed by atoms with van der Waals surface area (Å²) in [5.41, 5.74) is 1.55. The van der Waals surface area contributed by atoms with E-state index in [1.807, 2.05) is 6.07 Å². The highest BCUT2D eigenvalue weighted by atomic mass is 14.7. The van der Waals surface area contributed by atoms with Crippen molar-refractivity contribution in [3.63, 3.8) is 0 Å². The van der Waals surface area contributed by atoms with Crippen molar-refractivity contribution in [2.75, 3.05) is 0 Å². The smallest absolute Gasteiger partial charge is 0.0980 e. The van der Waals surface area contributed by atoms with Crippen LogP contribution in [-0.4, -0.2) is 9.97 Å². The summed E-state index contributed by atoms with van der Waals surface area (Å²) >= 11 is 0. The van der Waals surface area contributed by atoms with Gasteiger partial charge in [0, 0.05) is 18.3 Å². The zero-order chi connectivity index (χ0) is 8.23. The first kappa shape index (κ1) is 6.98. The van der Waals surface area contributed by atoms with Gasteiger partial charge in [-0.1, -0.05) is 0 Å². The van der Waals surface area contributed by atoms with Gasteiger partial charge in [-0.05, 0) is 24.3 Å². The summed E-state index contributed by atoms with van der Waals surface area (Å²) in [6, 6.07) is 13.6. The number of rotatable bonds is 1. The molecule has 2 heterocycles. The van der Waals surface area contributed by atoms with Crippen molar-refractivity contribution in [3.8, 4) is 11.4 Å². The monoisotopic (exact) mass is 152 g/mol. The quantitative estimate of drug-likeness (QED) is 0.616. The Morgan fingerprint density at radius 2 is 2.08 bits per heavy atom. The van der Waals surface area contributed by atoms with Crippen LogP contribution in [0.25, 0.3) is 11.4 Å². The van der Waals surface area contributed by atoms with Crippen LogP contribution in [0, 0.1) is 24.4 Å². The number of aromatic nitrogens is 2. The van der Waals surface area contributed by atoms with E-state index in [1.54, 1.807) is 18.3 Å². The molecule has 0 spiro atoms. The molecule has 0 fully saturated rings. The van der Waals surface area contributed by atoms with Crippen LogP contribution < -0.4 is 0 Å². The van der Waals surface area contributed by atoms with E-state index in [9.17, 15) is 0 Å². The summed E-state index contributed by atoms with van der Waals surface area (Å²) in [5.74, 6) is 0. The second-order valence-corrected chi connectivity index (χ2v) is 2.16. The fraction of sp³-hybridized carbons (Fsp3) is 0. The van der Waals surface area contributed by atoms with Gasteiger partial charge in [0.25, 0.3) is 0 Å². The van der Waals surface area contributed by atoms with E-state index in [0.29, 0.717) is 0 Å². The Kier molecular flexibility index (Phi) is 1.82.